The van der Waals surface area contributed by atoms with Crippen molar-refractivity contribution in [3.8, 4) is 0 Å². The Hall–Kier alpha value is -0.800. The van der Waals surface area contributed by atoms with Crippen molar-refractivity contribution in [2.75, 3.05) is 0 Å². The van der Waals surface area contributed by atoms with E-state index >= 15 is 0 Å². The van der Waals surface area contributed by atoms with E-state index in [0.717, 1.165) is 10.2 Å². The Morgan fingerprint density at radius 2 is 2.27 bits per heavy atom. The highest BCUT2D eigenvalue weighted by molar-refractivity contribution is 7.16. The second kappa shape index (κ2) is 2.36. The lowest BCUT2D eigenvalue weighted by Crippen LogP contribution is -1.89. The average molecular weight is 186 g/mol. The first-order valence-corrected chi connectivity index (χ1v) is 4.23. The fraction of sp³-hybridized carbons (Fsp3) is 0. The van der Waals surface area contributed by atoms with E-state index in [1.807, 2.05) is 0 Å². The molecule has 0 atom stereocenters. The summed E-state index contributed by atoms with van der Waals surface area (Å²) in [5, 5.41) is 0.660. The van der Waals surface area contributed by atoms with Gasteiger partial charge in [0.25, 0.3) is 0 Å². The van der Waals surface area contributed by atoms with Crippen LogP contribution in [0.15, 0.2) is 23.0 Å². The number of benzene rings is 1. The van der Waals surface area contributed by atoms with E-state index in [0.29, 0.717) is 5.02 Å². The van der Waals surface area contributed by atoms with Crippen LogP contribution in [0.4, 0.5) is 0 Å². The van der Waals surface area contributed by atoms with Gasteiger partial charge >= 0.3 is 4.87 Å². The summed E-state index contributed by atoms with van der Waals surface area (Å²) in [6.07, 6.45) is 0. The largest absolute Gasteiger partial charge is 0.312 e. The van der Waals surface area contributed by atoms with Gasteiger partial charge in [0.1, 0.15) is 0 Å². The molecule has 0 aliphatic heterocycles. The van der Waals surface area contributed by atoms with Crippen molar-refractivity contribution in [3.05, 3.63) is 32.9 Å². The minimum Gasteiger partial charge on any atom is -0.312 e. The van der Waals surface area contributed by atoms with E-state index in [1.165, 1.54) is 11.3 Å². The van der Waals surface area contributed by atoms with Crippen molar-refractivity contribution in [3.63, 3.8) is 0 Å². The fourth-order valence-corrected chi connectivity index (χ4v) is 1.93. The maximum atomic E-state index is 10.8. The molecule has 56 valence electrons. The van der Waals surface area contributed by atoms with Crippen LogP contribution in [0, 0.1) is 0 Å². The van der Waals surface area contributed by atoms with Gasteiger partial charge in [-0.25, -0.2) is 0 Å². The number of hydrogen-bond acceptors (Lipinski definition) is 2. The summed E-state index contributed by atoms with van der Waals surface area (Å²) >= 11 is 6.89. The molecule has 2 aromatic rings. The van der Waals surface area contributed by atoms with Crippen LogP contribution in [0.5, 0.6) is 0 Å². The SMILES string of the molecule is O=c1[nH]c2ccc(Cl)cc2s1. The topological polar surface area (TPSA) is 32.9 Å². The third kappa shape index (κ3) is 1.17. The first kappa shape index (κ1) is 6.88. The highest BCUT2D eigenvalue weighted by Crippen LogP contribution is 2.18. The number of fused-ring (bicyclic) bond motifs is 1. The summed E-state index contributed by atoms with van der Waals surface area (Å²) in [6.45, 7) is 0. The highest BCUT2D eigenvalue weighted by Gasteiger charge is 1.97. The minimum atomic E-state index is -0.0396. The molecule has 1 heterocycles. The fourth-order valence-electron chi connectivity index (χ4n) is 0.919. The number of thiazole rings is 1. The Balaban J connectivity index is 2.92. The molecule has 4 heteroatoms. The molecule has 1 aromatic heterocycles. The molecule has 0 aliphatic carbocycles. The van der Waals surface area contributed by atoms with Gasteiger partial charge < -0.3 is 4.98 Å². The third-order valence-corrected chi connectivity index (χ3v) is 2.46. The zero-order valence-corrected chi connectivity index (χ0v) is 7.00. The van der Waals surface area contributed by atoms with Crippen LogP contribution in [-0.4, -0.2) is 4.98 Å². The zero-order valence-electron chi connectivity index (χ0n) is 5.43. The van der Waals surface area contributed by atoms with Crippen LogP contribution < -0.4 is 4.87 Å². The summed E-state index contributed by atoms with van der Waals surface area (Å²) < 4.78 is 0.905. The van der Waals surface area contributed by atoms with Gasteiger partial charge in [0.05, 0.1) is 10.2 Å². The van der Waals surface area contributed by atoms with Crippen LogP contribution in [0.2, 0.25) is 5.02 Å². The molecule has 0 bridgehead atoms. The molecule has 0 saturated heterocycles. The maximum absolute atomic E-state index is 10.8. The first-order valence-electron chi connectivity index (χ1n) is 3.04. The van der Waals surface area contributed by atoms with Gasteiger partial charge in [-0.3, -0.25) is 4.79 Å². The zero-order chi connectivity index (χ0) is 7.84. The van der Waals surface area contributed by atoms with E-state index < -0.39 is 0 Å². The van der Waals surface area contributed by atoms with E-state index in [1.54, 1.807) is 18.2 Å². The third-order valence-electron chi connectivity index (χ3n) is 1.38. The van der Waals surface area contributed by atoms with Gasteiger partial charge in [0.2, 0.25) is 0 Å². The van der Waals surface area contributed by atoms with Gasteiger partial charge in [-0.05, 0) is 18.2 Å². The predicted octanol–water partition coefficient (Wildman–Crippen LogP) is 2.24. The molecule has 2 rings (SSSR count). The molecule has 0 amide bonds. The summed E-state index contributed by atoms with van der Waals surface area (Å²) in [6, 6.07) is 5.33. The molecule has 1 N–H and O–H groups in total. The van der Waals surface area contributed by atoms with E-state index in [9.17, 15) is 4.79 Å². The van der Waals surface area contributed by atoms with Crippen LogP contribution >= 0.6 is 22.9 Å². The number of aromatic amines is 1. The molecule has 0 fully saturated rings. The van der Waals surface area contributed by atoms with E-state index in [2.05, 4.69) is 4.98 Å². The normalized spacial score (nSPS) is 10.6. The number of H-pyrrole nitrogens is 1. The van der Waals surface area contributed by atoms with Crippen LogP contribution in [0.25, 0.3) is 10.2 Å². The minimum absolute atomic E-state index is 0.0396. The summed E-state index contributed by atoms with van der Waals surface area (Å²) in [5.41, 5.74) is 0.851. The lowest BCUT2D eigenvalue weighted by Gasteiger charge is -1.87. The maximum Gasteiger partial charge on any atom is 0.305 e. The van der Waals surface area contributed by atoms with Crippen molar-refractivity contribution in [2.24, 2.45) is 0 Å². The van der Waals surface area contributed by atoms with Crippen molar-refractivity contribution in [2.45, 2.75) is 0 Å². The highest BCUT2D eigenvalue weighted by atomic mass is 35.5. The molecule has 11 heavy (non-hydrogen) atoms. The number of nitrogens with one attached hydrogen (secondary N) is 1. The molecule has 1 aromatic carbocycles. The second-order valence-corrected chi connectivity index (χ2v) is 3.61. The monoisotopic (exact) mass is 185 g/mol. The van der Waals surface area contributed by atoms with Crippen molar-refractivity contribution in [1.82, 2.24) is 4.98 Å². The lowest BCUT2D eigenvalue weighted by molar-refractivity contribution is 1.41. The summed E-state index contributed by atoms with van der Waals surface area (Å²) in [7, 11) is 0. The smallest absolute Gasteiger partial charge is 0.305 e. The van der Waals surface area contributed by atoms with E-state index in [-0.39, 0.29) is 4.87 Å². The molecule has 0 saturated carbocycles. The van der Waals surface area contributed by atoms with Crippen molar-refractivity contribution < 1.29 is 0 Å². The second-order valence-electron chi connectivity index (χ2n) is 2.16. The molecule has 0 radical (unpaired) electrons. The van der Waals surface area contributed by atoms with Gasteiger partial charge in [-0.2, -0.15) is 0 Å². The number of halogens is 1. The van der Waals surface area contributed by atoms with Gasteiger partial charge in [0, 0.05) is 5.02 Å². The van der Waals surface area contributed by atoms with Crippen molar-refractivity contribution in [1.29, 1.82) is 0 Å². The molecule has 0 spiro atoms. The standard InChI is InChI=1S/C7H4ClNOS/c8-4-1-2-5-6(3-4)11-7(10)9-5/h1-3H,(H,9,10). The number of rotatable bonds is 0. The molecule has 2 nitrogen and oxygen atoms in total. The average Bonchev–Trinajstić information content (AvgIpc) is 2.27. The van der Waals surface area contributed by atoms with Gasteiger partial charge in [0.15, 0.2) is 0 Å². The Labute approximate surface area is 71.4 Å². The van der Waals surface area contributed by atoms with Crippen LogP contribution in [-0.2, 0) is 0 Å². The first-order chi connectivity index (χ1) is 5.25. The Morgan fingerprint density at radius 1 is 1.45 bits per heavy atom. The van der Waals surface area contributed by atoms with Crippen LogP contribution in [0.3, 0.4) is 0 Å². The number of aromatic nitrogens is 1. The molecule has 0 unspecified atom stereocenters. The lowest BCUT2D eigenvalue weighted by atomic mass is 10.3. The summed E-state index contributed by atoms with van der Waals surface area (Å²) in [4.78, 5) is 13.5. The molecule has 0 aliphatic rings. The molecular weight excluding hydrogens is 182 g/mol. The molecular formula is C7H4ClNOS. The van der Waals surface area contributed by atoms with Crippen molar-refractivity contribution >= 4 is 33.2 Å². The van der Waals surface area contributed by atoms with Gasteiger partial charge in [-0.15, -0.1) is 0 Å². The quantitative estimate of drug-likeness (QED) is 0.671. The Morgan fingerprint density at radius 3 is 3.09 bits per heavy atom. The summed E-state index contributed by atoms with van der Waals surface area (Å²) in [5.74, 6) is 0. The Kier molecular flexibility index (Phi) is 1.47. The van der Waals surface area contributed by atoms with Gasteiger partial charge in [-0.1, -0.05) is 22.9 Å². The van der Waals surface area contributed by atoms with Crippen LogP contribution in [0.1, 0.15) is 0 Å². The Bertz CT molecular complexity index is 445. The predicted molar refractivity (Wildman–Crippen MR) is 47.5 cm³/mol. The number of hydrogen-bond donors (Lipinski definition) is 1. The van der Waals surface area contributed by atoms with E-state index in [4.69, 9.17) is 11.6 Å².